The van der Waals surface area contributed by atoms with Gasteiger partial charge in [-0.3, -0.25) is 0 Å². The zero-order valence-electron chi connectivity index (χ0n) is 19.9. The van der Waals surface area contributed by atoms with E-state index in [-0.39, 0.29) is 12.2 Å². The molecule has 29 heavy (non-hydrogen) atoms. The minimum atomic E-state index is -0.0836. The van der Waals surface area contributed by atoms with Crippen molar-refractivity contribution in [3.63, 3.8) is 0 Å². The Morgan fingerprint density at radius 2 is 1.59 bits per heavy atom. The third-order valence-corrected chi connectivity index (χ3v) is 10.8. The zero-order chi connectivity index (χ0) is 21.0. The molecule has 10 atom stereocenters. The molecule has 0 amide bonds. The molecule has 0 aromatic carbocycles. The number of fused-ring (bicyclic) bond motifs is 5. The molecule has 0 heterocycles. The zero-order valence-corrected chi connectivity index (χ0v) is 19.9. The van der Waals surface area contributed by atoms with Crippen LogP contribution in [0.3, 0.4) is 0 Å². The normalized spacial score (nSPS) is 50.7. The van der Waals surface area contributed by atoms with Crippen molar-refractivity contribution in [3.05, 3.63) is 0 Å². The van der Waals surface area contributed by atoms with Crippen LogP contribution in [0.4, 0.5) is 0 Å². The first kappa shape index (κ1) is 22.1. The van der Waals surface area contributed by atoms with E-state index in [9.17, 15) is 10.2 Å². The maximum Gasteiger partial charge on any atom is 0.0579 e. The van der Waals surface area contributed by atoms with Crippen molar-refractivity contribution in [2.75, 3.05) is 0 Å². The Kier molecular flexibility index (Phi) is 6.19. The van der Waals surface area contributed by atoms with Crippen molar-refractivity contribution in [3.8, 4) is 0 Å². The van der Waals surface area contributed by atoms with E-state index >= 15 is 0 Å². The summed E-state index contributed by atoms with van der Waals surface area (Å²) in [6.45, 7) is 12.3. The van der Waals surface area contributed by atoms with Gasteiger partial charge >= 0.3 is 0 Å². The molecule has 0 saturated heterocycles. The first-order valence-electron chi connectivity index (χ1n) is 13.0. The summed E-state index contributed by atoms with van der Waals surface area (Å²) in [5.74, 6) is 4.97. The lowest BCUT2D eigenvalue weighted by Gasteiger charge is -2.61. The van der Waals surface area contributed by atoms with E-state index in [0.29, 0.717) is 34.5 Å². The molecule has 3 unspecified atom stereocenters. The van der Waals surface area contributed by atoms with Gasteiger partial charge in [0.1, 0.15) is 0 Å². The lowest BCUT2D eigenvalue weighted by Crippen LogP contribution is -2.55. The number of aliphatic hydroxyl groups excluding tert-OH is 2. The van der Waals surface area contributed by atoms with Gasteiger partial charge in [0.25, 0.3) is 0 Å². The smallest absolute Gasteiger partial charge is 0.0579 e. The highest BCUT2D eigenvalue weighted by atomic mass is 16.3. The molecule has 4 fully saturated rings. The van der Waals surface area contributed by atoms with Gasteiger partial charge in [-0.2, -0.15) is 0 Å². The fourth-order valence-electron chi connectivity index (χ4n) is 9.28. The largest absolute Gasteiger partial charge is 0.393 e. The van der Waals surface area contributed by atoms with Gasteiger partial charge in [0.2, 0.25) is 0 Å². The summed E-state index contributed by atoms with van der Waals surface area (Å²) in [6, 6.07) is 0. The molecular formula is C27H48O2. The van der Waals surface area contributed by atoms with Crippen LogP contribution >= 0.6 is 0 Å². The van der Waals surface area contributed by atoms with Crippen molar-refractivity contribution in [2.45, 2.75) is 117 Å². The molecule has 0 bridgehead atoms. The number of hydrogen-bond donors (Lipinski definition) is 2. The molecule has 4 aliphatic rings. The van der Waals surface area contributed by atoms with Gasteiger partial charge in [-0.1, -0.05) is 53.9 Å². The van der Waals surface area contributed by atoms with Gasteiger partial charge < -0.3 is 10.2 Å². The first-order chi connectivity index (χ1) is 13.7. The van der Waals surface area contributed by atoms with Gasteiger partial charge in [-0.25, -0.2) is 0 Å². The Bertz CT molecular complexity index is 573. The van der Waals surface area contributed by atoms with E-state index in [4.69, 9.17) is 0 Å². The monoisotopic (exact) mass is 404 g/mol. The number of hydrogen-bond acceptors (Lipinski definition) is 2. The van der Waals surface area contributed by atoms with E-state index in [1.165, 1.54) is 51.4 Å². The number of aliphatic hydroxyl groups is 2. The van der Waals surface area contributed by atoms with Crippen LogP contribution < -0.4 is 0 Å². The van der Waals surface area contributed by atoms with Gasteiger partial charge in [-0.15, -0.1) is 0 Å². The molecule has 0 radical (unpaired) electrons. The first-order valence-corrected chi connectivity index (χ1v) is 13.0. The second-order valence-electron chi connectivity index (χ2n) is 12.8. The van der Waals surface area contributed by atoms with Crippen LogP contribution in [0, 0.1) is 52.3 Å². The topological polar surface area (TPSA) is 40.5 Å². The van der Waals surface area contributed by atoms with Crippen molar-refractivity contribution >= 4 is 0 Å². The molecule has 2 heteroatoms. The molecule has 168 valence electrons. The quantitative estimate of drug-likeness (QED) is 0.553. The molecule has 0 aliphatic heterocycles. The third kappa shape index (κ3) is 3.73. The molecule has 0 aromatic heterocycles. The highest BCUT2D eigenvalue weighted by Gasteiger charge is 2.63. The molecule has 4 saturated carbocycles. The standard InChI is InChI=1S/C27H48O2/c1-17(2)7-6-8-18(3)23-16-24(29)25-21-10-9-19-15-20(28)11-13-26(19,4)22(21)12-14-27(23,25)5/h17-25,28-29H,6-16H2,1-5H3/t18-,19?,20?,21-,22+,23-,24?,25-,26+,27-/m1/s1. The second-order valence-corrected chi connectivity index (χ2v) is 12.8. The molecule has 0 aromatic rings. The molecule has 2 nitrogen and oxygen atoms in total. The summed E-state index contributed by atoms with van der Waals surface area (Å²) in [6.07, 6.45) is 13.4. The second kappa shape index (κ2) is 8.12. The van der Waals surface area contributed by atoms with Crippen LogP contribution in [0.2, 0.25) is 0 Å². The molecule has 2 N–H and O–H groups in total. The van der Waals surface area contributed by atoms with Crippen molar-refractivity contribution in [1.82, 2.24) is 0 Å². The third-order valence-electron chi connectivity index (χ3n) is 10.8. The van der Waals surface area contributed by atoms with Gasteiger partial charge in [-0.05, 0) is 104 Å². The van der Waals surface area contributed by atoms with E-state index in [1.807, 2.05) is 0 Å². The van der Waals surface area contributed by atoms with Crippen LogP contribution in [0.25, 0.3) is 0 Å². The fourth-order valence-corrected chi connectivity index (χ4v) is 9.28. The van der Waals surface area contributed by atoms with Crippen molar-refractivity contribution in [2.24, 2.45) is 52.3 Å². The highest BCUT2D eigenvalue weighted by molar-refractivity contribution is 5.12. The molecule has 0 spiro atoms. The number of rotatable bonds is 5. The Balaban J connectivity index is 1.51. The summed E-state index contributed by atoms with van der Waals surface area (Å²) in [5, 5.41) is 21.6. The van der Waals surface area contributed by atoms with Crippen LogP contribution in [-0.2, 0) is 0 Å². The molecule has 4 rings (SSSR count). The van der Waals surface area contributed by atoms with Crippen molar-refractivity contribution < 1.29 is 10.2 Å². The van der Waals surface area contributed by atoms with Gasteiger partial charge in [0, 0.05) is 0 Å². The van der Waals surface area contributed by atoms with Crippen LogP contribution in [0.1, 0.15) is 105 Å². The fraction of sp³-hybridized carbons (Fsp3) is 1.00. The van der Waals surface area contributed by atoms with E-state index in [1.54, 1.807) is 0 Å². The molecule has 4 aliphatic carbocycles. The SMILES string of the molecule is CC(C)CCC[C@@H](C)[C@H]1CC(O)[C@H]2[C@@H]3CCC4CC(O)CC[C@]4(C)[C@H]3CC[C@]12C. The summed E-state index contributed by atoms with van der Waals surface area (Å²) < 4.78 is 0. The Labute approximate surface area is 180 Å². The molecular weight excluding hydrogens is 356 g/mol. The lowest BCUT2D eigenvalue weighted by molar-refractivity contribution is -0.142. The Morgan fingerprint density at radius 1 is 0.862 bits per heavy atom. The lowest BCUT2D eigenvalue weighted by atomic mass is 9.44. The van der Waals surface area contributed by atoms with Crippen LogP contribution in [0.15, 0.2) is 0 Å². The minimum Gasteiger partial charge on any atom is -0.393 e. The van der Waals surface area contributed by atoms with E-state index in [0.717, 1.165) is 37.0 Å². The van der Waals surface area contributed by atoms with Crippen molar-refractivity contribution in [1.29, 1.82) is 0 Å². The average molecular weight is 405 g/mol. The summed E-state index contributed by atoms with van der Waals surface area (Å²) in [4.78, 5) is 0. The predicted octanol–water partition coefficient (Wildman–Crippen LogP) is 6.44. The average Bonchev–Trinajstić information content (AvgIpc) is 2.93. The summed E-state index contributed by atoms with van der Waals surface area (Å²) >= 11 is 0. The van der Waals surface area contributed by atoms with Gasteiger partial charge in [0.05, 0.1) is 12.2 Å². The maximum atomic E-state index is 11.3. The van der Waals surface area contributed by atoms with E-state index < -0.39 is 0 Å². The minimum absolute atomic E-state index is 0.0633. The highest BCUT2D eigenvalue weighted by Crippen LogP contribution is 2.68. The van der Waals surface area contributed by atoms with Crippen LogP contribution in [-0.4, -0.2) is 22.4 Å². The summed E-state index contributed by atoms with van der Waals surface area (Å²) in [5.41, 5.74) is 0.749. The van der Waals surface area contributed by atoms with Crippen LogP contribution in [0.5, 0.6) is 0 Å². The predicted molar refractivity (Wildman–Crippen MR) is 120 cm³/mol. The Hall–Kier alpha value is -0.0800. The Morgan fingerprint density at radius 3 is 2.31 bits per heavy atom. The summed E-state index contributed by atoms with van der Waals surface area (Å²) in [7, 11) is 0. The van der Waals surface area contributed by atoms with Gasteiger partial charge in [0.15, 0.2) is 0 Å². The van der Waals surface area contributed by atoms with E-state index in [2.05, 4.69) is 34.6 Å². The maximum absolute atomic E-state index is 11.3.